The molecule has 0 radical (unpaired) electrons. The Morgan fingerprint density at radius 3 is 1.74 bits per heavy atom. The van der Waals surface area contributed by atoms with Crippen molar-refractivity contribution in [1.82, 2.24) is 0 Å². The molecule has 3 nitrogen and oxygen atoms in total. The van der Waals surface area contributed by atoms with Crippen molar-refractivity contribution in [2.75, 3.05) is 0 Å². The van der Waals surface area contributed by atoms with E-state index in [0.29, 0.717) is 6.42 Å². The molecule has 0 aliphatic carbocycles. The summed E-state index contributed by atoms with van der Waals surface area (Å²) in [5.74, 6) is 0.0654. The zero-order valence-electron chi connectivity index (χ0n) is 15.6. The van der Waals surface area contributed by atoms with Gasteiger partial charge in [-0.05, 0) is 43.5 Å². The van der Waals surface area contributed by atoms with Gasteiger partial charge >= 0.3 is 0 Å². The lowest BCUT2D eigenvalue weighted by atomic mass is 9.87. The molecule has 140 valence electrons. The zero-order chi connectivity index (χ0) is 19.3. The van der Waals surface area contributed by atoms with Gasteiger partial charge in [0.25, 0.3) is 10.1 Å². The van der Waals surface area contributed by atoms with E-state index in [1.807, 2.05) is 50.2 Å². The molecule has 0 saturated heterocycles. The predicted octanol–water partition coefficient (Wildman–Crippen LogP) is 5.31. The molecule has 0 aliphatic heterocycles. The summed E-state index contributed by atoms with van der Waals surface area (Å²) in [5.41, 5.74) is 3.30. The minimum Gasteiger partial charge on any atom is -0.263 e. The SMILES string of the molecule is Cc1ccc(S(=O)(=O)O[C@H](C)CC(c2ccccc2)c2ccccc2)cc1. The Morgan fingerprint density at radius 1 is 0.778 bits per heavy atom. The summed E-state index contributed by atoms with van der Waals surface area (Å²) in [7, 11) is -3.79. The van der Waals surface area contributed by atoms with E-state index in [2.05, 4.69) is 24.3 Å². The summed E-state index contributed by atoms with van der Waals surface area (Å²) in [6, 6.07) is 27.0. The maximum absolute atomic E-state index is 12.6. The Hall–Kier alpha value is -2.43. The molecule has 0 amide bonds. The normalized spacial score (nSPS) is 12.9. The lowest BCUT2D eigenvalue weighted by Gasteiger charge is -2.22. The smallest absolute Gasteiger partial charge is 0.263 e. The quantitative estimate of drug-likeness (QED) is 0.522. The summed E-state index contributed by atoms with van der Waals surface area (Å²) in [6.07, 6.45) is 0.112. The molecule has 1 atom stereocenters. The summed E-state index contributed by atoms with van der Waals surface area (Å²) < 4.78 is 30.7. The van der Waals surface area contributed by atoms with E-state index in [4.69, 9.17) is 4.18 Å². The molecule has 0 aliphatic rings. The van der Waals surface area contributed by atoms with Crippen LogP contribution in [0.2, 0.25) is 0 Å². The molecule has 0 aromatic heterocycles. The monoisotopic (exact) mass is 380 g/mol. The van der Waals surface area contributed by atoms with Crippen molar-refractivity contribution >= 4 is 10.1 Å². The Balaban J connectivity index is 1.80. The van der Waals surface area contributed by atoms with Gasteiger partial charge in [0.05, 0.1) is 11.0 Å². The molecule has 3 aromatic rings. The van der Waals surface area contributed by atoms with Crippen molar-refractivity contribution in [3.63, 3.8) is 0 Å². The first kappa shape index (κ1) is 19.3. The van der Waals surface area contributed by atoms with Gasteiger partial charge in [0.2, 0.25) is 0 Å². The lowest BCUT2D eigenvalue weighted by molar-refractivity contribution is 0.212. The van der Waals surface area contributed by atoms with Crippen LogP contribution >= 0.6 is 0 Å². The Morgan fingerprint density at radius 2 is 1.26 bits per heavy atom. The maximum atomic E-state index is 12.6. The number of hydrogen-bond donors (Lipinski definition) is 0. The fourth-order valence-electron chi connectivity index (χ4n) is 3.18. The van der Waals surface area contributed by atoms with Crippen LogP contribution in [-0.4, -0.2) is 14.5 Å². The first-order chi connectivity index (χ1) is 13.0. The van der Waals surface area contributed by atoms with E-state index in [-0.39, 0.29) is 10.8 Å². The maximum Gasteiger partial charge on any atom is 0.297 e. The first-order valence-corrected chi connectivity index (χ1v) is 10.5. The lowest BCUT2D eigenvalue weighted by Crippen LogP contribution is -2.19. The van der Waals surface area contributed by atoms with Crippen LogP contribution in [0.5, 0.6) is 0 Å². The van der Waals surface area contributed by atoms with Crippen LogP contribution < -0.4 is 0 Å². The van der Waals surface area contributed by atoms with Crippen LogP contribution in [0.25, 0.3) is 0 Å². The topological polar surface area (TPSA) is 43.4 Å². The van der Waals surface area contributed by atoms with Crippen molar-refractivity contribution in [2.45, 2.75) is 37.2 Å². The highest BCUT2D eigenvalue weighted by Crippen LogP contribution is 2.30. The molecule has 0 N–H and O–H groups in total. The molecule has 0 bridgehead atoms. The summed E-state index contributed by atoms with van der Waals surface area (Å²) in [4.78, 5) is 0.191. The van der Waals surface area contributed by atoms with Crippen molar-refractivity contribution in [3.8, 4) is 0 Å². The fraction of sp³-hybridized carbons (Fsp3) is 0.217. The minimum atomic E-state index is -3.79. The predicted molar refractivity (Wildman–Crippen MR) is 108 cm³/mol. The van der Waals surface area contributed by atoms with Gasteiger partial charge < -0.3 is 0 Å². The standard InChI is InChI=1S/C23H24O3S/c1-18-13-15-22(16-14-18)27(24,25)26-19(2)17-23(20-9-5-3-6-10-20)21-11-7-4-8-12-21/h3-16,19,23H,17H2,1-2H3/t19-/m1/s1. The molecule has 4 heteroatoms. The van der Waals surface area contributed by atoms with Gasteiger partial charge in [0.1, 0.15) is 0 Å². The number of hydrogen-bond acceptors (Lipinski definition) is 3. The fourth-order valence-corrected chi connectivity index (χ4v) is 4.27. The van der Waals surface area contributed by atoms with Crippen LogP contribution in [0.15, 0.2) is 89.8 Å². The molecule has 0 saturated carbocycles. The van der Waals surface area contributed by atoms with E-state index >= 15 is 0 Å². The third-order valence-electron chi connectivity index (χ3n) is 4.57. The van der Waals surface area contributed by atoms with Crippen molar-refractivity contribution < 1.29 is 12.6 Å². The molecule has 3 rings (SSSR count). The molecule has 0 unspecified atom stereocenters. The zero-order valence-corrected chi connectivity index (χ0v) is 16.4. The van der Waals surface area contributed by atoms with Crippen molar-refractivity contribution in [1.29, 1.82) is 0 Å². The van der Waals surface area contributed by atoms with E-state index < -0.39 is 16.2 Å². The highest BCUT2D eigenvalue weighted by Gasteiger charge is 2.23. The molecule has 3 aromatic carbocycles. The van der Waals surface area contributed by atoms with Crippen molar-refractivity contribution in [3.05, 3.63) is 102 Å². The van der Waals surface area contributed by atoms with E-state index in [1.54, 1.807) is 24.3 Å². The molecular weight excluding hydrogens is 356 g/mol. The third-order valence-corrected chi connectivity index (χ3v) is 6.00. The minimum absolute atomic E-state index is 0.0654. The van der Waals surface area contributed by atoms with Gasteiger partial charge in [-0.25, -0.2) is 0 Å². The van der Waals surface area contributed by atoms with E-state index in [1.165, 1.54) is 0 Å². The number of rotatable bonds is 7. The van der Waals surface area contributed by atoms with E-state index in [9.17, 15) is 8.42 Å². The van der Waals surface area contributed by atoms with Gasteiger partial charge in [0, 0.05) is 5.92 Å². The highest BCUT2D eigenvalue weighted by molar-refractivity contribution is 7.86. The molecule has 27 heavy (non-hydrogen) atoms. The molecular formula is C23H24O3S. The largest absolute Gasteiger partial charge is 0.297 e. The van der Waals surface area contributed by atoms with Gasteiger partial charge in [-0.1, -0.05) is 78.4 Å². The van der Waals surface area contributed by atoms with Gasteiger partial charge in [-0.3, -0.25) is 4.18 Å². The molecule has 0 spiro atoms. The second-order valence-corrected chi connectivity index (χ2v) is 8.36. The van der Waals surface area contributed by atoms with Crippen LogP contribution in [0, 0.1) is 6.92 Å². The van der Waals surface area contributed by atoms with Gasteiger partial charge in [-0.15, -0.1) is 0 Å². The summed E-state index contributed by atoms with van der Waals surface area (Å²) >= 11 is 0. The third kappa shape index (κ3) is 5.06. The average Bonchev–Trinajstić information content (AvgIpc) is 2.67. The molecule has 0 fully saturated rings. The second-order valence-electron chi connectivity index (χ2n) is 6.78. The van der Waals surface area contributed by atoms with Crippen LogP contribution in [0.3, 0.4) is 0 Å². The molecule has 0 heterocycles. The van der Waals surface area contributed by atoms with Crippen LogP contribution in [0.1, 0.15) is 36.0 Å². The first-order valence-electron chi connectivity index (χ1n) is 9.05. The Labute approximate surface area is 161 Å². The Kier molecular flexibility index (Phi) is 6.09. The van der Waals surface area contributed by atoms with Gasteiger partial charge in [-0.2, -0.15) is 8.42 Å². The van der Waals surface area contributed by atoms with Crippen LogP contribution in [0.4, 0.5) is 0 Å². The number of aryl methyl sites for hydroxylation is 1. The Bertz CT molecular complexity index is 910. The van der Waals surface area contributed by atoms with Gasteiger partial charge in [0.15, 0.2) is 0 Å². The summed E-state index contributed by atoms with van der Waals surface area (Å²) in [6.45, 7) is 3.73. The number of benzene rings is 3. The highest BCUT2D eigenvalue weighted by atomic mass is 32.2. The second kappa shape index (κ2) is 8.51. The average molecular weight is 381 g/mol. The summed E-state index contributed by atoms with van der Waals surface area (Å²) in [5, 5.41) is 0. The van der Waals surface area contributed by atoms with Crippen LogP contribution in [-0.2, 0) is 14.3 Å². The van der Waals surface area contributed by atoms with Crippen molar-refractivity contribution in [2.24, 2.45) is 0 Å². The van der Waals surface area contributed by atoms with E-state index in [0.717, 1.165) is 16.7 Å².